The number of benzene rings is 2. The molecule has 1 aliphatic heterocycles. The molecule has 0 bridgehead atoms. The Morgan fingerprint density at radius 2 is 1.65 bits per heavy atom. The first-order valence-electron chi connectivity index (χ1n) is 8.76. The fourth-order valence-electron chi connectivity index (χ4n) is 2.85. The van der Waals surface area contributed by atoms with Crippen molar-refractivity contribution in [2.75, 3.05) is 26.4 Å². The van der Waals surface area contributed by atoms with E-state index in [0.29, 0.717) is 5.56 Å². The molecule has 26 heavy (non-hydrogen) atoms. The van der Waals surface area contributed by atoms with Gasteiger partial charge in [0.2, 0.25) is 0 Å². The minimum Gasteiger partial charge on any atom is -0.373 e. The van der Waals surface area contributed by atoms with E-state index in [1.807, 2.05) is 24.3 Å². The maximum Gasteiger partial charge on any atom is 0.159 e. The highest BCUT2D eigenvalue weighted by Crippen LogP contribution is 2.16. The molecule has 3 nitrogen and oxygen atoms in total. The fraction of sp³-hybridized carbons (Fsp3) is 0.318. The number of hydrogen-bond acceptors (Lipinski definition) is 3. The lowest BCUT2D eigenvalue weighted by atomic mass is 10.1. The number of ether oxygens (including phenoxy) is 1. The molecule has 134 valence electrons. The van der Waals surface area contributed by atoms with E-state index in [1.54, 1.807) is 19.1 Å². The molecule has 0 atom stereocenters. The molecule has 0 unspecified atom stereocenters. The molecule has 1 heterocycles. The highest BCUT2D eigenvalue weighted by atomic mass is 19.1. The number of carbonyl (C=O) groups excluding carboxylic acids is 1. The second-order valence-electron chi connectivity index (χ2n) is 6.46. The molecule has 1 fully saturated rings. The van der Waals surface area contributed by atoms with Crippen molar-refractivity contribution in [3.8, 4) is 11.8 Å². The summed E-state index contributed by atoms with van der Waals surface area (Å²) >= 11 is 0. The molecule has 0 aliphatic carbocycles. The number of carbonyl (C=O) groups is 1. The Morgan fingerprint density at radius 3 is 2.19 bits per heavy atom. The van der Waals surface area contributed by atoms with Crippen molar-refractivity contribution in [2.24, 2.45) is 0 Å². The van der Waals surface area contributed by atoms with E-state index in [2.05, 4.69) is 28.9 Å². The van der Waals surface area contributed by atoms with E-state index in [-0.39, 0.29) is 18.5 Å². The van der Waals surface area contributed by atoms with Gasteiger partial charge in [-0.3, -0.25) is 9.69 Å². The summed E-state index contributed by atoms with van der Waals surface area (Å²) in [5.41, 5.74) is 3.77. The van der Waals surface area contributed by atoms with Crippen molar-refractivity contribution in [3.05, 3.63) is 70.8 Å². The normalized spacial score (nSPS) is 14.4. The van der Waals surface area contributed by atoms with Crippen LogP contribution in [0.25, 0.3) is 0 Å². The third-order valence-electron chi connectivity index (χ3n) is 4.36. The zero-order chi connectivity index (χ0) is 18.4. The van der Waals surface area contributed by atoms with Gasteiger partial charge in [-0.2, -0.15) is 0 Å². The van der Waals surface area contributed by atoms with Gasteiger partial charge in [0, 0.05) is 36.3 Å². The predicted molar refractivity (Wildman–Crippen MR) is 99.9 cm³/mol. The van der Waals surface area contributed by atoms with E-state index >= 15 is 0 Å². The molecular formula is C22H22FNO2. The smallest absolute Gasteiger partial charge is 0.159 e. The quantitative estimate of drug-likeness (QED) is 0.590. The van der Waals surface area contributed by atoms with Crippen LogP contribution in [0.1, 0.15) is 34.0 Å². The minimum absolute atomic E-state index is 0.0580. The van der Waals surface area contributed by atoms with Crippen molar-refractivity contribution in [1.82, 2.24) is 4.90 Å². The summed E-state index contributed by atoms with van der Waals surface area (Å²) in [6.45, 7) is 3.92. The van der Waals surface area contributed by atoms with Crippen LogP contribution < -0.4 is 0 Å². The Bertz CT molecular complexity index is 797. The van der Waals surface area contributed by atoms with Crippen molar-refractivity contribution in [1.29, 1.82) is 0 Å². The van der Waals surface area contributed by atoms with Gasteiger partial charge in [0.1, 0.15) is 6.67 Å². The molecule has 2 aromatic carbocycles. The Kier molecular flexibility index (Phi) is 6.17. The van der Waals surface area contributed by atoms with Gasteiger partial charge in [-0.15, -0.1) is 0 Å². The van der Waals surface area contributed by atoms with Gasteiger partial charge in [-0.25, -0.2) is 4.39 Å². The maximum absolute atomic E-state index is 12.1. The molecule has 0 spiro atoms. The van der Waals surface area contributed by atoms with Crippen LogP contribution in [0.5, 0.6) is 0 Å². The number of ketones is 1. The number of rotatable bonds is 6. The number of nitrogens with zero attached hydrogens (tertiary/aromatic N) is 1. The number of halogens is 1. The summed E-state index contributed by atoms with van der Waals surface area (Å²) in [6.07, 6.45) is 0.172. The zero-order valence-corrected chi connectivity index (χ0v) is 14.9. The van der Waals surface area contributed by atoms with Gasteiger partial charge < -0.3 is 4.74 Å². The second-order valence-corrected chi connectivity index (χ2v) is 6.46. The molecule has 0 amide bonds. The molecule has 0 radical (unpaired) electrons. The summed E-state index contributed by atoms with van der Waals surface area (Å²) < 4.78 is 17.4. The first-order chi connectivity index (χ1) is 12.6. The van der Waals surface area contributed by atoms with Crippen LogP contribution in [0.15, 0.2) is 48.5 Å². The van der Waals surface area contributed by atoms with Crippen LogP contribution in [0.2, 0.25) is 0 Å². The van der Waals surface area contributed by atoms with E-state index in [0.717, 1.165) is 30.8 Å². The minimum atomic E-state index is -0.417. The lowest BCUT2D eigenvalue weighted by Gasteiger charge is -2.38. The molecule has 0 saturated carbocycles. The molecule has 1 saturated heterocycles. The SMILES string of the molecule is CC(=O)c1ccc(C#Cc2ccc(CN3CC(OCCF)C3)cc2)cc1. The van der Waals surface area contributed by atoms with E-state index in [4.69, 9.17) is 4.74 Å². The van der Waals surface area contributed by atoms with Gasteiger partial charge in [0.25, 0.3) is 0 Å². The van der Waals surface area contributed by atoms with Gasteiger partial charge in [0.05, 0.1) is 12.7 Å². The number of likely N-dealkylation sites (tertiary alicyclic amines) is 1. The summed E-state index contributed by atoms with van der Waals surface area (Å²) in [6, 6.07) is 15.5. The Labute approximate surface area is 153 Å². The van der Waals surface area contributed by atoms with Gasteiger partial charge in [0.15, 0.2) is 5.78 Å². The number of alkyl halides is 1. The summed E-state index contributed by atoms with van der Waals surface area (Å²) in [5.74, 6) is 6.32. The van der Waals surface area contributed by atoms with E-state index in [1.165, 1.54) is 5.56 Å². The van der Waals surface area contributed by atoms with Gasteiger partial charge in [-0.05, 0) is 36.8 Å². The third kappa shape index (κ3) is 5.01. The number of Topliss-reactive ketones (excluding diaryl/α,β-unsaturated/α-hetero) is 1. The van der Waals surface area contributed by atoms with Crippen LogP contribution in [0, 0.1) is 11.8 Å². The predicted octanol–water partition coefficient (Wildman–Crippen LogP) is 3.46. The number of hydrogen-bond donors (Lipinski definition) is 0. The van der Waals surface area contributed by atoms with Gasteiger partial charge in [-0.1, -0.05) is 36.1 Å². The van der Waals surface area contributed by atoms with Crippen molar-refractivity contribution in [3.63, 3.8) is 0 Å². The highest BCUT2D eigenvalue weighted by Gasteiger charge is 2.26. The lowest BCUT2D eigenvalue weighted by Crippen LogP contribution is -2.51. The maximum atomic E-state index is 12.1. The summed E-state index contributed by atoms with van der Waals surface area (Å²) in [5, 5.41) is 0. The van der Waals surface area contributed by atoms with Crippen LogP contribution >= 0.6 is 0 Å². The zero-order valence-electron chi connectivity index (χ0n) is 14.9. The summed E-state index contributed by atoms with van der Waals surface area (Å²) in [4.78, 5) is 13.6. The first-order valence-corrected chi connectivity index (χ1v) is 8.76. The van der Waals surface area contributed by atoms with Crippen LogP contribution in [0.3, 0.4) is 0 Å². The fourth-order valence-corrected chi connectivity index (χ4v) is 2.85. The van der Waals surface area contributed by atoms with Crippen LogP contribution in [-0.4, -0.2) is 43.2 Å². The Morgan fingerprint density at radius 1 is 1.08 bits per heavy atom. The Balaban J connectivity index is 1.51. The van der Waals surface area contributed by atoms with E-state index < -0.39 is 6.67 Å². The molecule has 0 aromatic heterocycles. The first kappa shape index (κ1) is 18.3. The molecule has 0 N–H and O–H groups in total. The molecule has 2 aromatic rings. The highest BCUT2D eigenvalue weighted by molar-refractivity contribution is 5.94. The molecule has 1 aliphatic rings. The van der Waals surface area contributed by atoms with Crippen molar-refractivity contribution < 1.29 is 13.9 Å². The molecule has 3 rings (SSSR count). The lowest BCUT2D eigenvalue weighted by molar-refractivity contribution is -0.0608. The Hall–Kier alpha value is -2.48. The summed E-state index contributed by atoms with van der Waals surface area (Å²) in [7, 11) is 0. The average Bonchev–Trinajstić information content (AvgIpc) is 2.63. The molecule has 4 heteroatoms. The van der Waals surface area contributed by atoms with Gasteiger partial charge >= 0.3 is 0 Å². The van der Waals surface area contributed by atoms with Crippen LogP contribution in [-0.2, 0) is 11.3 Å². The second kappa shape index (κ2) is 8.75. The monoisotopic (exact) mass is 351 g/mol. The largest absolute Gasteiger partial charge is 0.373 e. The van der Waals surface area contributed by atoms with Crippen molar-refractivity contribution >= 4 is 5.78 Å². The standard InChI is InChI=1S/C22H22FNO2/c1-17(25)21-10-8-19(9-11-21)3-2-18-4-6-20(7-5-18)14-24-15-22(16-24)26-13-12-23/h4-11,22H,12-16H2,1H3. The third-order valence-corrected chi connectivity index (χ3v) is 4.36. The topological polar surface area (TPSA) is 29.5 Å². The average molecular weight is 351 g/mol. The van der Waals surface area contributed by atoms with Crippen LogP contribution in [0.4, 0.5) is 4.39 Å². The van der Waals surface area contributed by atoms with E-state index in [9.17, 15) is 9.18 Å². The van der Waals surface area contributed by atoms with Crippen molar-refractivity contribution in [2.45, 2.75) is 19.6 Å². The molecular weight excluding hydrogens is 329 g/mol.